The lowest BCUT2D eigenvalue weighted by Gasteiger charge is -2.12. The van der Waals surface area contributed by atoms with Crippen molar-refractivity contribution in [2.45, 2.75) is 32.7 Å². The lowest BCUT2D eigenvalue weighted by atomic mass is 10.1. The molecule has 22 heavy (non-hydrogen) atoms. The maximum Gasteiger partial charge on any atom is 0.191 e. The fourth-order valence-electron chi connectivity index (χ4n) is 2.16. The van der Waals surface area contributed by atoms with E-state index < -0.39 is 0 Å². The molecule has 1 aromatic heterocycles. The summed E-state index contributed by atoms with van der Waals surface area (Å²) in [5.74, 6) is 1.62. The van der Waals surface area contributed by atoms with Gasteiger partial charge in [-0.2, -0.15) is 5.10 Å². The second-order valence-electron chi connectivity index (χ2n) is 5.09. The van der Waals surface area contributed by atoms with E-state index in [-0.39, 0.29) is 0 Å². The number of nitrogens with zero attached hydrogens (tertiary/aromatic N) is 3. The second-order valence-corrected chi connectivity index (χ2v) is 5.09. The van der Waals surface area contributed by atoms with Gasteiger partial charge in [-0.1, -0.05) is 38.0 Å². The Balaban J connectivity index is 1.86. The van der Waals surface area contributed by atoms with E-state index in [0.29, 0.717) is 0 Å². The maximum atomic E-state index is 4.24. The van der Waals surface area contributed by atoms with Crippen LogP contribution in [-0.4, -0.2) is 34.7 Å². The van der Waals surface area contributed by atoms with Crippen LogP contribution in [0.1, 0.15) is 31.7 Å². The van der Waals surface area contributed by atoms with E-state index in [2.05, 4.69) is 49.9 Å². The molecule has 1 heterocycles. The highest BCUT2D eigenvalue weighted by Gasteiger charge is 2.03. The van der Waals surface area contributed by atoms with Crippen LogP contribution in [0.25, 0.3) is 11.4 Å². The van der Waals surface area contributed by atoms with Gasteiger partial charge in [0.1, 0.15) is 6.33 Å². The zero-order chi connectivity index (χ0) is 15.6. The van der Waals surface area contributed by atoms with Crippen LogP contribution in [-0.2, 0) is 6.54 Å². The van der Waals surface area contributed by atoms with Crippen LogP contribution >= 0.6 is 0 Å². The van der Waals surface area contributed by atoms with Gasteiger partial charge in [-0.05, 0) is 18.1 Å². The molecule has 0 bridgehead atoms. The summed E-state index contributed by atoms with van der Waals surface area (Å²) in [5, 5.41) is 13.4. The zero-order valence-electron chi connectivity index (χ0n) is 13.3. The van der Waals surface area contributed by atoms with Crippen molar-refractivity contribution < 1.29 is 0 Å². The van der Waals surface area contributed by atoms with Crippen molar-refractivity contribution in [3.8, 4) is 11.4 Å². The van der Waals surface area contributed by atoms with Gasteiger partial charge in [-0.25, -0.2) is 4.98 Å². The van der Waals surface area contributed by atoms with Gasteiger partial charge in [0.15, 0.2) is 11.8 Å². The first-order chi connectivity index (χ1) is 10.8. The van der Waals surface area contributed by atoms with Crippen molar-refractivity contribution in [3.63, 3.8) is 0 Å². The fourth-order valence-corrected chi connectivity index (χ4v) is 2.16. The number of H-pyrrole nitrogens is 1. The molecule has 0 aliphatic heterocycles. The summed E-state index contributed by atoms with van der Waals surface area (Å²) < 4.78 is 0. The number of aliphatic imine (C=N–C) groups is 1. The molecule has 0 aliphatic rings. The molecule has 0 radical (unpaired) electrons. The minimum atomic E-state index is 0.718. The quantitative estimate of drug-likeness (QED) is 0.416. The molecule has 6 nitrogen and oxygen atoms in total. The molecule has 0 saturated heterocycles. The first kappa shape index (κ1) is 16.0. The van der Waals surface area contributed by atoms with E-state index >= 15 is 0 Å². The van der Waals surface area contributed by atoms with Crippen LogP contribution in [0.3, 0.4) is 0 Å². The number of unbranched alkanes of at least 4 members (excludes halogenated alkanes) is 2. The van der Waals surface area contributed by atoms with Gasteiger partial charge in [0.2, 0.25) is 0 Å². The highest BCUT2D eigenvalue weighted by molar-refractivity contribution is 5.79. The lowest BCUT2D eigenvalue weighted by Crippen LogP contribution is -2.37. The number of hydrogen-bond acceptors (Lipinski definition) is 3. The number of hydrogen-bond donors (Lipinski definition) is 3. The normalized spacial score (nSPS) is 11.5. The number of aromatic nitrogens is 3. The molecule has 0 amide bonds. The Morgan fingerprint density at radius 2 is 2.18 bits per heavy atom. The average molecular weight is 300 g/mol. The second kappa shape index (κ2) is 8.81. The Kier molecular flexibility index (Phi) is 6.41. The van der Waals surface area contributed by atoms with Crippen molar-refractivity contribution in [3.05, 3.63) is 36.2 Å². The van der Waals surface area contributed by atoms with Crippen molar-refractivity contribution in [1.82, 2.24) is 25.8 Å². The van der Waals surface area contributed by atoms with Crippen LogP contribution in [0.5, 0.6) is 0 Å². The van der Waals surface area contributed by atoms with Gasteiger partial charge in [-0.15, -0.1) is 0 Å². The number of rotatable bonds is 7. The third-order valence-electron chi connectivity index (χ3n) is 3.37. The molecule has 0 saturated carbocycles. The first-order valence-electron chi connectivity index (χ1n) is 7.72. The molecule has 0 fully saturated rings. The van der Waals surface area contributed by atoms with Gasteiger partial charge in [-0.3, -0.25) is 10.1 Å². The molecule has 1 aromatic carbocycles. The van der Waals surface area contributed by atoms with Crippen LogP contribution in [0.4, 0.5) is 0 Å². The summed E-state index contributed by atoms with van der Waals surface area (Å²) in [6, 6.07) is 8.21. The van der Waals surface area contributed by atoms with Gasteiger partial charge in [0.05, 0.1) is 0 Å². The molecular formula is C16H24N6. The number of nitrogens with one attached hydrogen (secondary N) is 3. The largest absolute Gasteiger partial charge is 0.356 e. The van der Waals surface area contributed by atoms with Crippen LogP contribution < -0.4 is 10.6 Å². The molecule has 0 spiro atoms. The van der Waals surface area contributed by atoms with Crippen molar-refractivity contribution in [2.75, 3.05) is 13.6 Å². The predicted octanol–water partition coefficient (Wildman–Crippen LogP) is 2.33. The first-order valence-corrected chi connectivity index (χ1v) is 7.72. The van der Waals surface area contributed by atoms with Gasteiger partial charge in [0.25, 0.3) is 0 Å². The van der Waals surface area contributed by atoms with E-state index in [1.165, 1.54) is 24.7 Å². The summed E-state index contributed by atoms with van der Waals surface area (Å²) in [7, 11) is 1.79. The van der Waals surface area contributed by atoms with Gasteiger partial charge >= 0.3 is 0 Å². The summed E-state index contributed by atoms with van der Waals surface area (Å²) in [6.07, 6.45) is 5.14. The molecule has 2 rings (SSSR count). The summed E-state index contributed by atoms with van der Waals surface area (Å²) in [5.41, 5.74) is 2.20. The van der Waals surface area contributed by atoms with Crippen molar-refractivity contribution in [2.24, 2.45) is 4.99 Å². The van der Waals surface area contributed by atoms with Crippen LogP contribution in [0.15, 0.2) is 35.6 Å². The predicted molar refractivity (Wildman–Crippen MR) is 89.5 cm³/mol. The fraction of sp³-hybridized carbons (Fsp3) is 0.438. The van der Waals surface area contributed by atoms with Gasteiger partial charge in [0, 0.05) is 25.7 Å². The molecule has 0 atom stereocenters. The monoisotopic (exact) mass is 300 g/mol. The highest BCUT2D eigenvalue weighted by atomic mass is 15.2. The smallest absolute Gasteiger partial charge is 0.191 e. The Morgan fingerprint density at radius 1 is 1.27 bits per heavy atom. The summed E-state index contributed by atoms with van der Waals surface area (Å²) in [6.45, 7) is 3.87. The molecular weight excluding hydrogens is 276 g/mol. The molecule has 118 valence electrons. The average Bonchev–Trinajstić information content (AvgIpc) is 3.09. The van der Waals surface area contributed by atoms with Crippen LogP contribution in [0.2, 0.25) is 0 Å². The zero-order valence-corrected chi connectivity index (χ0v) is 13.3. The van der Waals surface area contributed by atoms with E-state index in [9.17, 15) is 0 Å². The third kappa shape index (κ3) is 4.87. The van der Waals surface area contributed by atoms with E-state index in [1.807, 2.05) is 12.1 Å². The Hall–Kier alpha value is -2.37. The SMILES string of the molecule is CCCCCNC(=NC)NCc1cccc(-c2ncn[nH]2)c1. The van der Waals surface area contributed by atoms with Gasteiger partial charge < -0.3 is 10.6 Å². The topological polar surface area (TPSA) is 78.0 Å². The summed E-state index contributed by atoms with van der Waals surface area (Å²) >= 11 is 0. The number of benzene rings is 1. The number of guanidine groups is 1. The molecule has 0 aliphatic carbocycles. The van der Waals surface area contributed by atoms with Crippen molar-refractivity contribution in [1.29, 1.82) is 0 Å². The Bertz CT molecular complexity index is 576. The van der Waals surface area contributed by atoms with E-state index in [0.717, 1.165) is 36.9 Å². The van der Waals surface area contributed by atoms with Crippen LogP contribution in [0, 0.1) is 0 Å². The molecule has 3 N–H and O–H groups in total. The maximum absolute atomic E-state index is 4.24. The number of aromatic amines is 1. The van der Waals surface area contributed by atoms with E-state index in [1.54, 1.807) is 7.05 Å². The minimum absolute atomic E-state index is 0.718. The standard InChI is InChI=1S/C16H24N6/c1-3-4-5-9-18-16(17-2)19-11-13-7-6-8-14(10-13)15-20-12-21-22-15/h6-8,10,12H,3-5,9,11H2,1-2H3,(H2,17,18,19)(H,20,21,22). The Morgan fingerprint density at radius 3 is 2.91 bits per heavy atom. The summed E-state index contributed by atoms with van der Waals surface area (Å²) in [4.78, 5) is 8.41. The molecule has 6 heteroatoms. The molecule has 2 aromatic rings. The van der Waals surface area contributed by atoms with E-state index in [4.69, 9.17) is 0 Å². The minimum Gasteiger partial charge on any atom is -0.356 e. The highest BCUT2D eigenvalue weighted by Crippen LogP contribution is 2.15. The van der Waals surface area contributed by atoms with Crippen molar-refractivity contribution >= 4 is 5.96 Å². The molecule has 0 unspecified atom stereocenters. The lowest BCUT2D eigenvalue weighted by molar-refractivity contribution is 0.683. The Labute approximate surface area is 131 Å². The third-order valence-corrected chi connectivity index (χ3v) is 3.37.